The highest BCUT2D eigenvalue weighted by atomic mass is 19.1. The quantitative estimate of drug-likeness (QED) is 0.155. The summed E-state index contributed by atoms with van der Waals surface area (Å²) in [5.74, 6) is -0.141. The zero-order valence-corrected chi connectivity index (χ0v) is 36.8. The summed E-state index contributed by atoms with van der Waals surface area (Å²) in [5.41, 5.74) is 15.4. The van der Waals surface area contributed by atoms with Crippen molar-refractivity contribution in [3.63, 3.8) is 0 Å². The SMILES string of the molecule is Fc1cc2ccccc2nc1N(c1ccccc1)c1cc2c3ccccc3c(N(c3ccccc3)c3cccc4c3-c3ccccc3C43c4ccccc4-c4ccccc43)cc2c2ccccc12. The zero-order chi connectivity index (χ0) is 44.9. The van der Waals surface area contributed by atoms with Crippen LogP contribution in [0.4, 0.5) is 38.6 Å². The van der Waals surface area contributed by atoms with E-state index in [-0.39, 0.29) is 5.82 Å². The summed E-state index contributed by atoms with van der Waals surface area (Å²) in [7, 11) is 0. The number of hydrogen-bond donors (Lipinski definition) is 0. The van der Waals surface area contributed by atoms with Crippen LogP contribution >= 0.6 is 0 Å². The molecule has 12 aromatic rings. The fourth-order valence-electron chi connectivity index (χ4n) is 11.8. The summed E-state index contributed by atoms with van der Waals surface area (Å²) in [4.78, 5) is 9.49. The van der Waals surface area contributed by atoms with Crippen molar-refractivity contribution in [1.82, 2.24) is 4.98 Å². The fraction of sp³-hybridized carbons (Fsp3) is 0.0156. The highest BCUT2D eigenvalue weighted by Gasteiger charge is 2.52. The Balaban J connectivity index is 1.06. The molecule has 0 radical (unpaired) electrons. The van der Waals surface area contributed by atoms with Gasteiger partial charge in [0.15, 0.2) is 11.6 Å². The molecule has 68 heavy (non-hydrogen) atoms. The van der Waals surface area contributed by atoms with Crippen molar-refractivity contribution >= 4 is 77.5 Å². The van der Waals surface area contributed by atoms with Gasteiger partial charge in [0.25, 0.3) is 0 Å². The first kappa shape index (κ1) is 38.4. The van der Waals surface area contributed by atoms with Crippen molar-refractivity contribution in [3.05, 3.63) is 271 Å². The van der Waals surface area contributed by atoms with Crippen LogP contribution < -0.4 is 9.80 Å². The van der Waals surface area contributed by atoms with Crippen molar-refractivity contribution in [2.24, 2.45) is 0 Å². The maximum absolute atomic E-state index is 16.7. The van der Waals surface area contributed by atoms with Crippen LogP contribution in [0.25, 0.3) is 65.5 Å². The average molecular weight is 870 g/mol. The maximum Gasteiger partial charge on any atom is 0.174 e. The Morgan fingerprint density at radius 3 is 1.41 bits per heavy atom. The molecule has 11 aromatic carbocycles. The number of hydrogen-bond acceptors (Lipinski definition) is 3. The molecular formula is C64H40FN3. The number of fused-ring (bicyclic) bond motifs is 16. The Hall–Kier alpha value is -8.86. The minimum atomic E-state index is -0.487. The van der Waals surface area contributed by atoms with E-state index in [9.17, 15) is 0 Å². The fourth-order valence-corrected chi connectivity index (χ4v) is 11.8. The third-order valence-corrected chi connectivity index (χ3v) is 14.5. The molecule has 2 aliphatic rings. The molecule has 1 aromatic heterocycles. The number of rotatable bonds is 6. The third kappa shape index (κ3) is 5.37. The lowest BCUT2D eigenvalue weighted by atomic mass is 9.70. The molecule has 1 spiro atoms. The summed E-state index contributed by atoms with van der Waals surface area (Å²) in [6.07, 6.45) is 0. The van der Waals surface area contributed by atoms with Gasteiger partial charge in [0, 0.05) is 33.1 Å². The zero-order valence-electron chi connectivity index (χ0n) is 36.8. The number of para-hydroxylation sites is 3. The number of anilines is 6. The van der Waals surface area contributed by atoms with E-state index in [2.05, 4.69) is 187 Å². The lowest BCUT2D eigenvalue weighted by molar-refractivity contribution is 0.625. The first-order valence-corrected chi connectivity index (χ1v) is 23.2. The van der Waals surface area contributed by atoms with Crippen LogP contribution in [-0.4, -0.2) is 4.98 Å². The molecule has 318 valence electrons. The molecule has 0 N–H and O–H groups in total. The second-order valence-electron chi connectivity index (χ2n) is 17.9. The highest BCUT2D eigenvalue weighted by Crippen LogP contribution is 2.65. The lowest BCUT2D eigenvalue weighted by Crippen LogP contribution is -2.26. The van der Waals surface area contributed by atoms with Gasteiger partial charge in [0.2, 0.25) is 0 Å². The first-order valence-electron chi connectivity index (χ1n) is 23.2. The molecule has 0 unspecified atom stereocenters. The number of aromatic nitrogens is 1. The molecule has 0 saturated carbocycles. The van der Waals surface area contributed by atoms with Crippen LogP contribution in [0.1, 0.15) is 22.3 Å². The van der Waals surface area contributed by atoms with E-state index >= 15 is 4.39 Å². The van der Waals surface area contributed by atoms with Gasteiger partial charge in [0.05, 0.1) is 28.0 Å². The lowest BCUT2D eigenvalue weighted by Gasteiger charge is -2.32. The summed E-state index contributed by atoms with van der Waals surface area (Å²) < 4.78 is 16.7. The number of nitrogens with zero attached hydrogens (tertiary/aromatic N) is 3. The monoisotopic (exact) mass is 869 g/mol. The second kappa shape index (κ2) is 14.8. The smallest absolute Gasteiger partial charge is 0.174 e. The van der Waals surface area contributed by atoms with Crippen molar-refractivity contribution < 1.29 is 4.39 Å². The van der Waals surface area contributed by atoms with Gasteiger partial charge in [-0.1, -0.05) is 188 Å². The van der Waals surface area contributed by atoms with E-state index in [1.54, 1.807) is 6.07 Å². The van der Waals surface area contributed by atoms with Crippen LogP contribution in [0.15, 0.2) is 243 Å². The largest absolute Gasteiger partial charge is 0.309 e. The Labute approximate surface area is 393 Å². The van der Waals surface area contributed by atoms with E-state index < -0.39 is 11.2 Å². The average Bonchev–Trinajstić information content (AvgIpc) is 3.88. The highest BCUT2D eigenvalue weighted by molar-refractivity contribution is 6.25. The molecular weight excluding hydrogens is 830 g/mol. The summed E-state index contributed by atoms with van der Waals surface area (Å²) in [6, 6.07) is 86.0. The van der Waals surface area contributed by atoms with Crippen LogP contribution in [0.3, 0.4) is 0 Å². The molecule has 0 atom stereocenters. The molecule has 0 saturated heterocycles. The van der Waals surface area contributed by atoms with Crippen molar-refractivity contribution in [2.45, 2.75) is 5.41 Å². The van der Waals surface area contributed by atoms with Crippen molar-refractivity contribution in [3.8, 4) is 22.3 Å². The van der Waals surface area contributed by atoms with Crippen LogP contribution in [0.2, 0.25) is 0 Å². The number of halogens is 1. The molecule has 2 aliphatic carbocycles. The molecule has 0 fully saturated rings. The predicted molar refractivity (Wildman–Crippen MR) is 280 cm³/mol. The van der Waals surface area contributed by atoms with Crippen molar-refractivity contribution in [2.75, 3.05) is 9.80 Å². The molecule has 0 aliphatic heterocycles. The molecule has 4 heteroatoms. The first-order chi connectivity index (χ1) is 33.7. The molecule has 14 rings (SSSR count). The second-order valence-corrected chi connectivity index (χ2v) is 17.9. The van der Waals surface area contributed by atoms with E-state index in [0.717, 1.165) is 71.7 Å². The van der Waals surface area contributed by atoms with Gasteiger partial charge in [-0.25, -0.2) is 9.37 Å². The Morgan fingerprint density at radius 2 is 0.794 bits per heavy atom. The van der Waals surface area contributed by atoms with Gasteiger partial charge < -0.3 is 4.90 Å². The predicted octanol–water partition coefficient (Wildman–Crippen LogP) is 17.1. The van der Waals surface area contributed by atoms with Gasteiger partial charge in [0.1, 0.15) is 0 Å². The van der Waals surface area contributed by atoms with Crippen LogP contribution in [0, 0.1) is 5.82 Å². The van der Waals surface area contributed by atoms with Gasteiger partial charge in [-0.05, 0) is 115 Å². The normalized spacial score (nSPS) is 12.9. The molecule has 0 bridgehead atoms. The molecule has 1 heterocycles. The number of benzene rings is 11. The van der Waals surface area contributed by atoms with Crippen LogP contribution in [-0.2, 0) is 5.41 Å². The van der Waals surface area contributed by atoms with E-state index in [1.165, 1.54) is 44.5 Å². The minimum Gasteiger partial charge on any atom is -0.309 e. The summed E-state index contributed by atoms with van der Waals surface area (Å²) >= 11 is 0. The maximum atomic E-state index is 16.7. The topological polar surface area (TPSA) is 19.4 Å². The summed E-state index contributed by atoms with van der Waals surface area (Å²) in [6.45, 7) is 0. The standard InChI is InChI=1S/C64H40FN3/c65-57-38-41-20-7-18-36-58(41)66-63(57)68(43-23-5-2-6-24-43)61-40-52-44-25-8-10-29-48(44)60(39-51(52)45-26-9-11-30-49(45)61)67(42-21-3-1-4-22-42)59-37-19-35-56-62(59)50-31-14-17-34-55(50)64(56)53-32-15-12-27-46(53)47-28-13-16-33-54(47)64/h1-40H. The van der Waals surface area contributed by atoms with Gasteiger partial charge in [-0.2, -0.15) is 0 Å². The van der Waals surface area contributed by atoms with E-state index in [4.69, 9.17) is 4.98 Å². The van der Waals surface area contributed by atoms with E-state index in [0.29, 0.717) is 0 Å². The third-order valence-electron chi connectivity index (χ3n) is 14.5. The summed E-state index contributed by atoms with van der Waals surface area (Å²) in [5, 5.41) is 7.16. The molecule has 3 nitrogen and oxygen atoms in total. The Bertz CT molecular complexity index is 3970. The number of pyridine rings is 1. The van der Waals surface area contributed by atoms with Crippen molar-refractivity contribution in [1.29, 1.82) is 0 Å². The van der Waals surface area contributed by atoms with Crippen LogP contribution in [0.5, 0.6) is 0 Å². The Kier molecular flexibility index (Phi) is 8.38. The minimum absolute atomic E-state index is 0.249. The Morgan fingerprint density at radius 1 is 0.338 bits per heavy atom. The van der Waals surface area contributed by atoms with Gasteiger partial charge in [-0.3, -0.25) is 4.90 Å². The van der Waals surface area contributed by atoms with Gasteiger partial charge in [-0.15, -0.1) is 0 Å². The molecule has 0 amide bonds. The van der Waals surface area contributed by atoms with Gasteiger partial charge >= 0.3 is 0 Å². The van der Waals surface area contributed by atoms with E-state index in [1.807, 2.05) is 59.5 Å².